The van der Waals surface area contributed by atoms with Crippen molar-refractivity contribution in [2.24, 2.45) is 5.92 Å². The summed E-state index contributed by atoms with van der Waals surface area (Å²) >= 11 is 0. The summed E-state index contributed by atoms with van der Waals surface area (Å²) in [5.41, 5.74) is 9.41. The zero-order valence-corrected chi connectivity index (χ0v) is 26.3. The van der Waals surface area contributed by atoms with Crippen molar-refractivity contribution in [2.75, 3.05) is 48.8 Å². The standard InChI is InChI=1S/C32H41N5O6S/c1-21-17-37(22(2)20-38)31(39)16-25-15-26(35-44(4,41)42)13-14-29(25)43-30(21)19-36(3)18-23-9-11-24(12-10-23)32(40)34-28-8-6-5-7-27(28)33/h5-15,21-22,30,35,38H,16-20,33H2,1-4H3,(H,34,40)/t21-,22+,30-/m1/s1. The van der Waals surface area contributed by atoms with E-state index in [9.17, 15) is 23.1 Å². The molecular weight excluding hydrogens is 582 g/mol. The third-order valence-corrected chi connectivity index (χ3v) is 8.20. The van der Waals surface area contributed by atoms with Crippen molar-refractivity contribution in [3.05, 3.63) is 83.4 Å². The molecule has 0 saturated heterocycles. The highest BCUT2D eigenvalue weighted by Gasteiger charge is 2.31. The first-order valence-electron chi connectivity index (χ1n) is 14.4. The van der Waals surface area contributed by atoms with Crippen molar-refractivity contribution in [3.8, 4) is 5.75 Å². The average Bonchev–Trinajstić information content (AvgIpc) is 3.00. The summed E-state index contributed by atoms with van der Waals surface area (Å²) in [5, 5.41) is 12.7. The van der Waals surface area contributed by atoms with Crippen molar-refractivity contribution in [1.82, 2.24) is 9.80 Å². The third kappa shape index (κ3) is 8.71. The van der Waals surface area contributed by atoms with Gasteiger partial charge < -0.3 is 25.8 Å². The van der Waals surface area contributed by atoms with Crippen LogP contribution < -0.4 is 20.5 Å². The minimum atomic E-state index is -3.51. The second kappa shape index (κ2) is 14.1. The number of hydrogen-bond acceptors (Lipinski definition) is 8. The van der Waals surface area contributed by atoms with Gasteiger partial charge in [-0.25, -0.2) is 8.42 Å². The predicted octanol–water partition coefficient (Wildman–Crippen LogP) is 3.17. The Kier molecular flexibility index (Phi) is 10.5. The highest BCUT2D eigenvalue weighted by atomic mass is 32.2. The van der Waals surface area contributed by atoms with Gasteiger partial charge in [0, 0.05) is 42.4 Å². The van der Waals surface area contributed by atoms with E-state index < -0.39 is 16.1 Å². The van der Waals surface area contributed by atoms with E-state index in [1.54, 1.807) is 60.4 Å². The van der Waals surface area contributed by atoms with Crippen LogP contribution in [0.4, 0.5) is 17.1 Å². The molecule has 0 aliphatic carbocycles. The molecule has 0 aromatic heterocycles. The van der Waals surface area contributed by atoms with Crippen LogP contribution in [-0.4, -0.2) is 80.3 Å². The van der Waals surface area contributed by atoms with Crippen LogP contribution in [0.5, 0.6) is 5.75 Å². The fourth-order valence-electron chi connectivity index (χ4n) is 5.18. The molecule has 0 fully saturated rings. The molecule has 1 aliphatic heterocycles. The number of sulfonamides is 1. The number of fused-ring (bicyclic) bond motifs is 1. The van der Waals surface area contributed by atoms with Crippen molar-refractivity contribution < 1.29 is 27.9 Å². The van der Waals surface area contributed by atoms with Gasteiger partial charge in [-0.2, -0.15) is 0 Å². The average molecular weight is 624 g/mol. The quantitative estimate of drug-likeness (QED) is 0.251. The second-order valence-electron chi connectivity index (χ2n) is 11.5. The van der Waals surface area contributed by atoms with Crippen LogP contribution in [-0.2, 0) is 27.8 Å². The lowest BCUT2D eigenvalue weighted by atomic mass is 10.0. The number of hydrogen-bond donors (Lipinski definition) is 4. The zero-order valence-electron chi connectivity index (χ0n) is 25.5. The number of nitrogens with two attached hydrogens (primary N) is 1. The van der Waals surface area contributed by atoms with E-state index in [0.29, 0.717) is 53.6 Å². The Balaban J connectivity index is 1.50. The maximum absolute atomic E-state index is 13.4. The van der Waals surface area contributed by atoms with Gasteiger partial charge in [0.1, 0.15) is 11.9 Å². The number of carbonyl (C=O) groups is 2. The van der Waals surface area contributed by atoms with E-state index in [2.05, 4.69) is 14.9 Å². The van der Waals surface area contributed by atoms with Gasteiger partial charge in [0.05, 0.1) is 36.7 Å². The molecule has 1 heterocycles. The van der Waals surface area contributed by atoms with E-state index in [1.165, 1.54) is 0 Å². The Morgan fingerprint density at radius 2 is 1.86 bits per heavy atom. The third-order valence-electron chi connectivity index (χ3n) is 7.59. The number of para-hydroxylation sites is 2. The van der Waals surface area contributed by atoms with Gasteiger partial charge >= 0.3 is 0 Å². The molecule has 0 unspecified atom stereocenters. The molecule has 3 atom stereocenters. The van der Waals surface area contributed by atoms with E-state index in [4.69, 9.17) is 10.5 Å². The Bertz CT molecular complexity index is 1580. The number of likely N-dealkylation sites (N-methyl/N-ethyl adjacent to an activating group) is 1. The number of rotatable bonds is 10. The molecule has 5 N–H and O–H groups in total. The van der Waals surface area contributed by atoms with Gasteiger partial charge in [-0.1, -0.05) is 31.2 Å². The molecule has 44 heavy (non-hydrogen) atoms. The van der Waals surface area contributed by atoms with Crippen LogP contribution in [0.25, 0.3) is 0 Å². The molecule has 0 bridgehead atoms. The smallest absolute Gasteiger partial charge is 0.255 e. The number of ether oxygens (including phenoxy) is 1. The van der Waals surface area contributed by atoms with Crippen molar-refractivity contribution >= 4 is 38.9 Å². The first kappa shape index (κ1) is 32.8. The minimum Gasteiger partial charge on any atom is -0.488 e. The molecular formula is C32H41N5O6S. The van der Waals surface area contributed by atoms with Crippen LogP contribution in [0.2, 0.25) is 0 Å². The summed E-state index contributed by atoms with van der Waals surface area (Å²) in [6.45, 7) is 5.12. The van der Waals surface area contributed by atoms with Crippen LogP contribution in [0, 0.1) is 5.92 Å². The van der Waals surface area contributed by atoms with E-state index in [1.807, 2.05) is 32.2 Å². The van der Waals surface area contributed by atoms with Crippen molar-refractivity contribution in [3.63, 3.8) is 0 Å². The SMILES string of the molecule is C[C@@H]1CN([C@@H](C)CO)C(=O)Cc2cc(NS(C)(=O)=O)ccc2O[C@@H]1CN(C)Cc1ccc(C(=O)Nc2ccccc2N)cc1. The van der Waals surface area contributed by atoms with E-state index in [0.717, 1.165) is 11.8 Å². The van der Waals surface area contributed by atoms with E-state index >= 15 is 0 Å². The molecule has 12 heteroatoms. The molecule has 236 valence electrons. The fourth-order valence-corrected chi connectivity index (χ4v) is 5.73. The molecule has 0 saturated carbocycles. The normalized spacial score (nSPS) is 18.0. The highest BCUT2D eigenvalue weighted by molar-refractivity contribution is 7.92. The summed E-state index contributed by atoms with van der Waals surface area (Å²) in [5.74, 6) is -0.00421. The number of aliphatic hydroxyl groups excluding tert-OH is 1. The van der Waals surface area contributed by atoms with Crippen LogP contribution in [0.15, 0.2) is 66.7 Å². The lowest BCUT2D eigenvalue weighted by molar-refractivity contribution is -0.134. The minimum absolute atomic E-state index is 0.00499. The maximum atomic E-state index is 13.4. The zero-order chi connectivity index (χ0) is 32.0. The number of carbonyl (C=O) groups excluding carboxylic acids is 2. The molecule has 4 rings (SSSR count). The van der Waals surface area contributed by atoms with Gasteiger partial charge in [0.25, 0.3) is 5.91 Å². The number of nitrogens with zero attached hydrogens (tertiary/aromatic N) is 2. The highest BCUT2D eigenvalue weighted by Crippen LogP contribution is 2.29. The summed E-state index contributed by atoms with van der Waals surface area (Å²) in [6.07, 6.45) is 0.747. The molecule has 11 nitrogen and oxygen atoms in total. The summed E-state index contributed by atoms with van der Waals surface area (Å²) in [7, 11) is -1.54. The van der Waals surface area contributed by atoms with Crippen molar-refractivity contribution in [2.45, 2.75) is 39.0 Å². The lowest BCUT2D eigenvalue weighted by Crippen LogP contribution is -2.47. The number of anilines is 3. The number of benzene rings is 3. The number of amides is 2. The number of aliphatic hydroxyl groups is 1. The fraction of sp³-hybridized carbons (Fsp3) is 0.375. The molecule has 2 amide bonds. The summed E-state index contributed by atoms with van der Waals surface area (Å²) in [4.78, 5) is 29.9. The Morgan fingerprint density at radius 1 is 1.16 bits per heavy atom. The Morgan fingerprint density at radius 3 is 2.52 bits per heavy atom. The van der Waals surface area contributed by atoms with Gasteiger partial charge in [0.15, 0.2) is 0 Å². The predicted molar refractivity (Wildman–Crippen MR) is 172 cm³/mol. The molecule has 1 aliphatic rings. The molecule has 3 aromatic carbocycles. The van der Waals surface area contributed by atoms with Gasteiger partial charge in [0.2, 0.25) is 15.9 Å². The second-order valence-corrected chi connectivity index (χ2v) is 13.3. The monoisotopic (exact) mass is 623 g/mol. The number of nitrogen functional groups attached to an aromatic ring is 1. The van der Waals surface area contributed by atoms with Crippen LogP contribution in [0.1, 0.15) is 35.3 Å². The van der Waals surface area contributed by atoms with Gasteiger partial charge in [-0.05, 0) is 62.0 Å². The topological polar surface area (TPSA) is 154 Å². The molecule has 0 spiro atoms. The van der Waals surface area contributed by atoms with Gasteiger partial charge in [-0.3, -0.25) is 19.2 Å². The number of nitrogens with one attached hydrogen (secondary N) is 2. The molecule has 3 aromatic rings. The summed E-state index contributed by atoms with van der Waals surface area (Å²) < 4.78 is 32.6. The summed E-state index contributed by atoms with van der Waals surface area (Å²) in [6, 6.07) is 19.0. The van der Waals surface area contributed by atoms with Gasteiger partial charge in [-0.15, -0.1) is 0 Å². The van der Waals surface area contributed by atoms with E-state index in [-0.39, 0.29) is 36.9 Å². The molecule has 0 radical (unpaired) electrons. The first-order valence-corrected chi connectivity index (χ1v) is 16.3. The van der Waals surface area contributed by atoms with Crippen LogP contribution >= 0.6 is 0 Å². The van der Waals surface area contributed by atoms with Crippen LogP contribution in [0.3, 0.4) is 0 Å². The largest absolute Gasteiger partial charge is 0.488 e. The van der Waals surface area contributed by atoms with Crippen molar-refractivity contribution in [1.29, 1.82) is 0 Å². The Hall–Kier alpha value is -4.13. The maximum Gasteiger partial charge on any atom is 0.255 e. The first-order chi connectivity index (χ1) is 20.8. The lowest BCUT2D eigenvalue weighted by Gasteiger charge is -2.34. The Labute approximate surface area is 259 Å².